The zero-order chi connectivity index (χ0) is 19.4. The number of furan rings is 1. The Morgan fingerprint density at radius 2 is 1.78 bits per heavy atom. The molecular formula is C18H19ClN4O4. The van der Waals surface area contributed by atoms with Gasteiger partial charge in [0.15, 0.2) is 5.76 Å². The van der Waals surface area contributed by atoms with Crippen molar-refractivity contribution in [1.82, 2.24) is 15.1 Å². The molecule has 2 N–H and O–H groups in total. The number of nitrogens with one attached hydrogen (secondary N) is 2. The summed E-state index contributed by atoms with van der Waals surface area (Å²) in [6.45, 7) is 1.65. The van der Waals surface area contributed by atoms with Crippen LogP contribution in [0.3, 0.4) is 0 Å². The molecule has 1 saturated heterocycles. The van der Waals surface area contributed by atoms with Gasteiger partial charge in [-0.05, 0) is 30.3 Å². The Morgan fingerprint density at radius 3 is 2.37 bits per heavy atom. The van der Waals surface area contributed by atoms with Crippen LogP contribution in [0.4, 0.5) is 10.5 Å². The van der Waals surface area contributed by atoms with Crippen LogP contribution in [0.1, 0.15) is 20.9 Å². The van der Waals surface area contributed by atoms with E-state index in [1.165, 1.54) is 19.4 Å². The number of carbonyl (C=O) groups is 3. The average Bonchev–Trinajstić information content (AvgIpc) is 3.22. The number of piperazine rings is 1. The fourth-order valence-electron chi connectivity index (χ4n) is 2.78. The molecule has 0 atom stereocenters. The molecule has 0 unspecified atom stereocenters. The summed E-state index contributed by atoms with van der Waals surface area (Å²) < 4.78 is 5.12. The first-order valence-corrected chi connectivity index (χ1v) is 8.77. The van der Waals surface area contributed by atoms with Gasteiger partial charge in [-0.2, -0.15) is 0 Å². The molecule has 3 rings (SSSR count). The van der Waals surface area contributed by atoms with Gasteiger partial charge in [-0.1, -0.05) is 11.6 Å². The molecule has 0 aliphatic carbocycles. The van der Waals surface area contributed by atoms with Gasteiger partial charge in [0.2, 0.25) is 0 Å². The monoisotopic (exact) mass is 390 g/mol. The molecule has 1 aliphatic heterocycles. The minimum absolute atomic E-state index is 0.184. The first kappa shape index (κ1) is 18.8. The van der Waals surface area contributed by atoms with Crippen molar-refractivity contribution in [3.05, 3.63) is 52.9 Å². The molecule has 0 bridgehead atoms. The van der Waals surface area contributed by atoms with Crippen LogP contribution in [-0.2, 0) is 0 Å². The molecule has 2 aromatic rings. The van der Waals surface area contributed by atoms with E-state index in [0.717, 1.165) is 0 Å². The predicted molar refractivity (Wildman–Crippen MR) is 100 cm³/mol. The fraction of sp³-hybridized carbons (Fsp3) is 0.278. The van der Waals surface area contributed by atoms with Crippen LogP contribution >= 0.6 is 11.6 Å². The standard InChI is InChI=1S/C18H19ClN4O4/c1-20-16(24)13-5-4-12(11-14(13)19)21-18(26)23-8-6-22(7-9-23)17(25)15-3-2-10-27-15/h2-5,10-11H,6-9H2,1H3,(H,20,24)(H,21,26). The van der Waals surface area contributed by atoms with Crippen LogP contribution in [0.5, 0.6) is 0 Å². The van der Waals surface area contributed by atoms with E-state index in [4.69, 9.17) is 16.0 Å². The third-order valence-electron chi connectivity index (χ3n) is 4.28. The lowest BCUT2D eigenvalue weighted by molar-refractivity contribution is 0.0640. The van der Waals surface area contributed by atoms with Crippen LogP contribution in [0, 0.1) is 0 Å². The maximum absolute atomic E-state index is 12.4. The number of halogens is 1. The molecule has 0 spiro atoms. The molecule has 27 heavy (non-hydrogen) atoms. The molecule has 4 amide bonds. The second-order valence-electron chi connectivity index (χ2n) is 5.96. The van der Waals surface area contributed by atoms with E-state index in [2.05, 4.69) is 10.6 Å². The van der Waals surface area contributed by atoms with Crippen molar-refractivity contribution in [3.8, 4) is 0 Å². The number of anilines is 1. The molecule has 2 heterocycles. The summed E-state index contributed by atoms with van der Waals surface area (Å²) in [5.74, 6) is -0.189. The number of amides is 4. The van der Waals surface area contributed by atoms with Crippen molar-refractivity contribution in [3.63, 3.8) is 0 Å². The van der Waals surface area contributed by atoms with Gasteiger partial charge in [-0.25, -0.2) is 4.79 Å². The number of carbonyl (C=O) groups excluding carboxylic acids is 3. The third kappa shape index (κ3) is 4.22. The van der Waals surface area contributed by atoms with Gasteiger partial charge in [0.05, 0.1) is 16.8 Å². The number of hydrogen-bond donors (Lipinski definition) is 2. The number of nitrogens with zero attached hydrogens (tertiary/aromatic N) is 2. The van der Waals surface area contributed by atoms with Crippen molar-refractivity contribution >= 4 is 35.1 Å². The van der Waals surface area contributed by atoms with Crippen LogP contribution in [-0.4, -0.2) is 60.9 Å². The molecule has 0 radical (unpaired) electrons. The summed E-state index contributed by atoms with van der Waals surface area (Å²) in [5.41, 5.74) is 0.828. The highest BCUT2D eigenvalue weighted by molar-refractivity contribution is 6.34. The lowest BCUT2D eigenvalue weighted by atomic mass is 10.2. The van der Waals surface area contributed by atoms with Crippen LogP contribution in [0.2, 0.25) is 5.02 Å². The lowest BCUT2D eigenvalue weighted by Crippen LogP contribution is -2.51. The Morgan fingerprint density at radius 1 is 1.07 bits per heavy atom. The summed E-state index contributed by atoms with van der Waals surface area (Å²) in [7, 11) is 1.52. The maximum Gasteiger partial charge on any atom is 0.321 e. The third-order valence-corrected chi connectivity index (χ3v) is 4.59. The summed E-state index contributed by atoms with van der Waals surface area (Å²) in [5, 5.41) is 5.51. The highest BCUT2D eigenvalue weighted by atomic mass is 35.5. The van der Waals surface area contributed by atoms with Crippen molar-refractivity contribution < 1.29 is 18.8 Å². The quantitative estimate of drug-likeness (QED) is 0.840. The normalized spacial score (nSPS) is 14.0. The Bertz CT molecular complexity index is 845. The van der Waals surface area contributed by atoms with Gasteiger partial charge in [0.25, 0.3) is 11.8 Å². The van der Waals surface area contributed by atoms with E-state index in [1.54, 1.807) is 34.1 Å². The van der Waals surface area contributed by atoms with Gasteiger partial charge in [-0.15, -0.1) is 0 Å². The smallest absolute Gasteiger partial charge is 0.321 e. The van der Waals surface area contributed by atoms with Gasteiger partial charge in [-0.3, -0.25) is 9.59 Å². The summed E-state index contributed by atoms with van der Waals surface area (Å²) >= 11 is 6.10. The number of hydrogen-bond acceptors (Lipinski definition) is 4. The molecule has 1 aliphatic rings. The van der Waals surface area contributed by atoms with Gasteiger partial charge >= 0.3 is 6.03 Å². The first-order valence-electron chi connectivity index (χ1n) is 8.40. The molecule has 142 valence electrons. The largest absolute Gasteiger partial charge is 0.459 e. The van der Waals surface area contributed by atoms with Crippen molar-refractivity contribution in [2.24, 2.45) is 0 Å². The second kappa shape index (κ2) is 8.13. The highest BCUT2D eigenvalue weighted by Gasteiger charge is 2.26. The van der Waals surface area contributed by atoms with E-state index in [0.29, 0.717) is 43.2 Å². The van der Waals surface area contributed by atoms with Gasteiger partial charge in [0.1, 0.15) is 0 Å². The molecular weight excluding hydrogens is 372 g/mol. The zero-order valence-electron chi connectivity index (χ0n) is 14.7. The fourth-order valence-corrected chi connectivity index (χ4v) is 3.05. The minimum atomic E-state index is -0.296. The molecule has 0 saturated carbocycles. The summed E-state index contributed by atoms with van der Waals surface area (Å²) in [6, 6.07) is 7.69. The second-order valence-corrected chi connectivity index (χ2v) is 6.37. The lowest BCUT2D eigenvalue weighted by Gasteiger charge is -2.34. The van der Waals surface area contributed by atoms with E-state index in [9.17, 15) is 14.4 Å². The van der Waals surface area contributed by atoms with Gasteiger partial charge < -0.3 is 24.9 Å². The van der Waals surface area contributed by atoms with Crippen LogP contribution in [0.15, 0.2) is 41.0 Å². The Hall–Kier alpha value is -3.00. The maximum atomic E-state index is 12.4. The SMILES string of the molecule is CNC(=O)c1ccc(NC(=O)N2CCN(C(=O)c3ccco3)CC2)cc1Cl. The van der Waals surface area contributed by atoms with Crippen LogP contribution in [0.25, 0.3) is 0 Å². The number of urea groups is 1. The van der Waals surface area contributed by atoms with Crippen LogP contribution < -0.4 is 10.6 Å². The number of benzene rings is 1. The van der Waals surface area contributed by atoms with Crippen molar-refractivity contribution in [2.45, 2.75) is 0 Å². The molecule has 1 fully saturated rings. The zero-order valence-corrected chi connectivity index (χ0v) is 15.5. The van der Waals surface area contributed by atoms with Crippen molar-refractivity contribution in [1.29, 1.82) is 0 Å². The predicted octanol–water partition coefficient (Wildman–Crippen LogP) is 2.28. The van der Waals surface area contributed by atoms with Gasteiger partial charge in [0, 0.05) is 38.9 Å². The summed E-state index contributed by atoms with van der Waals surface area (Å²) in [4.78, 5) is 39.6. The van der Waals surface area contributed by atoms with E-state index >= 15 is 0 Å². The Kier molecular flexibility index (Phi) is 5.66. The van der Waals surface area contributed by atoms with Crippen molar-refractivity contribution in [2.75, 3.05) is 38.5 Å². The topological polar surface area (TPSA) is 94.9 Å². The van der Waals surface area contributed by atoms with E-state index < -0.39 is 0 Å². The highest BCUT2D eigenvalue weighted by Crippen LogP contribution is 2.21. The first-order chi connectivity index (χ1) is 13.0. The summed E-state index contributed by atoms with van der Waals surface area (Å²) in [6.07, 6.45) is 1.46. The average molecular weight is 391 g/mol. The Balaban J connectivity index is 1.56. The molecule has 1 aromatic carbocycles. The number of rotatable bonds is 3. The minimum Gasteiger partial charge on any atom is -0.459 e. The van der Waals surface area contributed by atoms with E-state index in [-0.39, 0.29) is 22.9 Å². The molecule has 8 nitrogen and oxygen atoms in total. The molecule has 9 heteroatoms. The van der Waals surface area contributed by atoms with E-state index in [1.807, 2.05) is 0 Å². The molecule has 1 aromatic heterocycles. The Labute approximate surface area is 161 Å².